The number of hydrogen-bond acceptors (Lipinski definition) is 6. The van der Waals surface area contributed by atoms with Crippen LogP contribution in [0.5, 0.6) is 11.5 Å². The number of rotatable bonds is 7. The zero-order chi connectivity index (χ0) is 21.7. The number of carbonyl (C=O) groups excluding carboxylic acids is 3. The monoisotopic (exact) mass is 412 g/mol. The molecular weight excluding hydrogens is 388 g/mol. The highest BCUT2D eigenvalue weighted by Gasteiger charge is 2.38. The number of para-hydroxylation sites is 1. The third kappa shape index (κ3) is 4.71. The fraction of sp³-hybridized carbons (Fsp3) is 0.318. The van der Waals surface area contributed by atoms with E-state index in [1.54, 1.807) is 42.5 Å². The number of nitrogens with one attached hydrogen (secondary N) is 1. The summed E-state index contributed by atoms with van der Waals surface area (Å²) >= 11 is 0. The summed E-state index contributed by atoms with van der Waals surface area (Å²) in [6, 6.07) is 14.0. The third-order valence-corrected chi connectivity index (χ3v) is 4.84. The van der Waals surface area contributed by atoms with E-state index in [9.17, 15) is 14.4 Å². The lowest BCUT2D eigenvalue weighted by molar-refractivity contribution is -0.157. The van der Waals surface area contributed by atoms with Crippen LogP contribution in [0.3, 0.4) is 0 Å². The van der Waals surface area contributed by atoms with Crippen molar-refractivity contribution in [1.29, 1.82) is 0 Å². The molecule has 8 nitrogen and oxygen atoms in total. The zero-order valence-electron chi connectivity index (χ0n) is 17.1. The minimum Gasteiger partial charge on any atom is -0.497 e. The summed E-state index contributed by atoms with van der Waals surface area (Å²) in [6.45, 7) is 1.64. The van der Waals surface area contributed by atoms with Crippen LogP contribution >= 0.6 is 0 Å². The Balaban J connectivity index is 1.63. The van der Waals surface area contributed by atoms with Gasteiger partial charge in [0.15, 0.2) is 6.10 Å². The molecule has 2 atom stereocenters. The first-order valence-corrected chi connectivity index (χ1v) is 9.51. The molecule has 0 bridgehead atoms. The number of anilines is 2. The van der Waals surface area contributed by atoms with E-state index in [0.29, 0.717) is 22.9 Å². The van der Waals surface area contributed by atoms with Gasteiger partial charge >= 0.3 is 5.97 Å². The predicted octanol–water partition coefficient (Wildman–Crippen LogP) is 2.63. The van der Waals surface area contributed by atoms with E-state index in [1.165, 1.54) is 26.0 Å². The SMILES string of the molecule is COc1ccc(N2C[C@@H](C(=O)O[C@@H](C)C(=O)Nc3ccccc3)CC2=O)c(OC)c1. The van der Waals surface area contributed by atoms with E-state index in [-0.39, 0.29) is 18.9 Å². The van der Waals surface area contributed by atoms with Crippen molar-refractivity contribution in [2.75, 3.05) is 31.0 Å². The van der Waals surface area contributed by atoms with Gasteiger partial charge in [0, 0.05) is 24.7 Å². The number of amides is 2. The summed E-state index contributed by atoms with van der Waals surface area (Å²) < 4.78 is 15.8. The Labute approximate surface area is 174 Å². The average molecular weight is 412 g/mol. The standard InChI is InChI=1S/C22H24N2O6/c1-14(21(26)23-16-7-5-4-6-8-16)30-22(27)15-11-20(25)24(13-15)18-10-9-17(28-2)12-19(18)29-3/h4-10,12,14-15H,11,13H2,1-3H3,(H,23,26)/t14-,15-/m0/s1. The number of methoxy groups -OCH3 is 2. The van der Waals surface area contributed by atoms with Crippen LogP contribution in [0.25, 0.3) is 0 Å². The van der Waals surface area contributed by atoms with Crippen molar-refractivity contribution in [3.8, 4) is 11.5 Å². The minimum atomic E-state index is -0.989. The quantitative estimate of drug-likeness (QED) is 0.703. The van der Waals surface area contributed by atoms with Crippen molar-refractivity contribution in [1.82, 2.24) is 0 Å². The maximum absolute atomic E-state index is 12.6. The number of hydrogen-bond donors (Lipinski definition) is 1. The van der Waals surface area contributed by atoms with E-state index in [2.05, 4.69) is 5.32 Å². The van der Waals surface area contributed by atoms with Gasteiger partial charge < -0.3 is 24.4 Å². The molecule has 1 aliphatic heterocycles. The van der Waals surface area contributed by atoms with E-state index >= 15 is 0 Å². The number of ether oxygens (including phenoxy) is 3. The maximum atomic E-state index is 12.6. The lowest BCUT2D eigenvalue weighted by Gasteiger charge is -2.20. The summed E-state index contributed by atoms with van der Waals surface area (Å²) in [7, 11) is 3.04. The molecule has 1 aliphatic rings. The fourth-order valence-corrected chi connectivity index (χ4v) is 3.20. The molecule has 0 aliphatic carbocycles. The molecule has 2 aromatic carbocycles. The van der Waals surface area contributed by atoms with Gasteiger partial charge in [0.25, 0.3) is 5.91 Å². The molecule has 0 spiro atoms. The van der Waals surface area contributed by atoms with Gasteiger partial charge in [-0.05, 0) is 31.2 Å². The molecule has 1 N–H and O–H groups in total. The smallest absolute Gasteiger partial charge is 0.312 e. The lowest BCUT2D eigenvalue weighted by Crippen LogP contribution is -2.33. The summed E-state index contributed by atoms with van der Waals surface area (Å²) in [5, 5.41) is 2.69. The molecule has 158 valence electrons. The topological polar surface area (TPSA) is 94.2 Å². The third-order valence-electron chi connectivity index (χ3n) is 4.84. The van der Waals surface area contributed by atoms with E-state index in [1.807, 2.05) is 6.07 Å². The highest BCUT2D eigenvalue weighted by Crippen LogP contribution is 2.36. The first-order valence-electron chi connectivity index (χ1n) is 9.51. The van der Waals surface area contributed by atoms with Crippen LogP contribution in [-0.4, -0.2) is 44.7 Å². The van der Waals surface area contributed by atoms with Gasteiger partial charge in [-0.15, -0.1) is 0 Å². The van der Waals surface area contributed by atoms with Crippen molar-refractivity contribution in [3.63, 3.8) is 0 Å². The number of carbonyl (C=O) groups is 3. The number of esters is 1. The van der Waals surface area contributed by atoms with Crippen LogP contribution in [0.1, 0.15) is 13.3 Å². The second-order valence-electron chi connectivity index (χ2n) is 6.88. The van der Waals surface area contributed by atoms with Gasteiger partial charge in [-0.25, -0.2) is 0 Å². The summed E-state index contributed by atoms with van der Waals surface area (Å²) in [6.07, 6.45) is -0.988. The highest BCUT2D eigenvalue weighted by atomic mass is 16.5. The van der Waals surface area contributed by atoms with Crippen LogP contribution in [0.4, 0.5) is 11.4 Å². The van der Waals surface area contributed by atoms with Gasteiger partial charge in [0.05, 0.1) is 25.8 Å². The first kappa shape index (κ1) is 21.2. The second-order valence-corrected chi connectivity index (χ2v) is 6.88. The summed E-state index contributed by atoms with van der Waals surface area (Å²) in [4.78, 5) is 38.8. The number of nitrogens with zero attached hydrogens (tertiary/aromatic N) is 1. The molecule has 8 heteroatoms. The van der Waals surface area contributed by atoms with Crippen LogP contribution in [0.15, 0.2) is 48.5 Å². The van der Waals surface area contributed by atoms with Crippen molar-refractivity contribution < 1.29 is 28.6 Å². The van der Waals surface area contributed by atoms with Crippen molar-refractivity contribution in [3.05, 3.63) is 48.5 Å². The fourth-order valence-electron chi connectivity index (χ4n) is 3.20. The molecule has 3 rings (SSSR count). The number of benzene rings is 2. The Bertz CT molecular complexity index is 930. The molecule has 2 amide bonds. The molecule has 2 aromatic rings. The van der Waals surface area contributed by atoms with Gasteiger partial charge in [-0.2, -0.15) is 0 Å². The maximum Gasteiger partial charge on any atom is 0.312 e. The molecule has 1 heterocycles. The summed E-state index contributed by atoms with van der Waals surface area (Å²) in [5.74, 6) is -0.858. The molecule has 0 unspecified atom stereocenters. The van der Waals surface area contributed by atoms with E-state index in [4.69, 9.17) is 14.2 Å². The van der Waals surface area contributed by atoms with E-state index in [0.717, 1.165) is 0 Å². The second kappa shape index (κ2) is 9.30. The summed E-state index contributed by atoms with van der Waals surface area (Å²) in [5.41, 5.74) is 1.16. The highest BCUT2D eigenvalue weighted by molar-refractivity contribution is 6.01. The molecule has 30 heavy (non-hydrogen) atoms. The van der Waals surface area contributed by atoms with Crippen molar-refractivity contribution in [2.45, 2.75) is 19.4 Å². The van der Waals surface area contributed by atoms with Crippen LogP contribution in [0.2, 0.25) is 0 Å². The van der Waals surface area contributed by atoms with Crippen LogP contribution in [0, 0.1) is 5.92 Å². The van der Waals surface area contributed by atoms with E-state index < -0.39 is 23.9 Å². The van der Waals surface area contributed by atoms with Gasteiger partial charge in [-0.1, -0.05) is 18.2 Å². The van der Waals surface area contributed by atoms with Crippen molar-refractivity contribution in [2.24, 2.45) is 5.92 Å². The molecule has 0 radical (unpaired) electrons. The molecule has 1 fully saturated rings. The molecule has 1 saturated heterocycles. The Hall–Kier alpha value is -3.55. The van der Waals surface area contributed by atoms with Crippen LogP contribution in [-0.2, 0) is 19.1 Å². The van der Waals surface area contributed by atoms with Crippen LogP contribution < -0.4 is 19.7 Å². The van der Waals surface area contributed by atoms with Crippen molar-refractivity contribution >= 4 is 29.2 Å². The largest absolute Gasteiger partial charge is 0.497 e. The lowest BCUT2D eigenvalue weighted by atomic mass is 10.1. The Morgan fingerprint density at radius 2 is 1.83 bits per heavy atom. The normalized spacial score (nSPS) is 16.7. The zero-order valence-corrected chi connectivity index (χ0v) is 17.1. The average Bonchev–Trinajstić information content (AvgIpc) is 3.15. The Morgan fingerprint density at radius 3 is 2.50 bits per heavy atom. The Kier molecular flexibility index (Phi) is 6.56. The van der Waals surface area contributed by atoms with Gasteiger partial charge in [0.1, 0.15) is 11.5 Å². The minimum absolute atomic E-state index is 0.00103. The molecule has 0 aromatic heterocycles. The predicted molar refractivity (Wildman–Crippen MR) is 111 cm³/mol. The molecule has 0 saturated carbocycles. The van der Waals surface area contributed by atoms with Gasteiger partial charge in [-0.3, -0.25) is 14.4 Å². The Morgan fingerprint density at radius 1 is 1.10 bits per heavy atom. The molecular formula is C22H24N2O6. The first-order chi connectivity index (χ1) is 14.4. The van der Waals surface area contributed by atoms with Gasteiger partial charge in [0.2, 0.25) is 5.91 Å².